The van der Waals surface area contributed by atoms with Crippen LogP contribution in [0.1, 0.15) is 33.1 Å². The Kier molecular flexibility index (Phi) is 6.81. The van der Waals surface area contributed by atoms with E-state index < -0.39 is 0 Å². The molecule has 0 bridgehead atoms. The lowest BCUT2D eigenvalue weighted by atomic mass is 10.0. The highest BCUT2D eigenvalue weighted by atomic mass is 16.5. The number of rotatable bonds is 7. The molecule has 0 N–H and O–H groups in total. The van der Waals surface area contributed by atoms with Crippen LogP contribution in [0.15, 0.2) is 24.8 Å². The third-order valence-corrected chi connectivity index (χ3v) is 1.99. The average molecular weight is 196 g/mol. The molecule has 0 aromatic heterocycles. The first-order chi connectivity index (χ1) is 6.57. The van der Waals surface area contributed by atoms with Gasteiger partial charge in [-0.25, -0.2) is 0 Å². The van der Waals surface area contributed by atoms with Crippen molar-refractivity contribution in [1.82, 2.24) is 0 Å². The molecular weight excluding hydrogens is 176 g/mol. The highest BCUT2D eigenvalue weighted by Gasteiger charge is 2.12. The van der Waals surface area contributed by atoms with Gasteiger partial charge in [0, 0.05) is 0 Å². The summed E-state index contributed by atoms with van der Waals surface area (Å²) in [6, 6.07) is 0. The molecule has 0 aromatic carbocycles. The van der Waals surface area contributed by atoms with Crippen LogP contribution < -0.4 is 0 Å². The maximum atomic E-state index is 11.3. The van der Waals surface area contributed by atoms with E-state index in [-0.39, 0.29) is 11.9 Å². The van der Waals surface area contributed by atoms with E-state index in [1.54, 1.807) is 6.08 Å². The van der Waals surface area contributed by atoms with Gasteiger partial charge in [-0.05, 0) is 26.2 Å². The van der Waals surface area contributed by atoms with Gasteiger partial charge in [-0.1, -0.05) is 25.2 Å². The second kappa shape index (κ2) is 7.36. The molecule has 0 spiro atoms. The van der Waals surface area contributed by atoms with Gasteiger partial charge in [0.2, 0.25) is 0 Å². The molecule has 0 aromatic rings. The first kappa shape index (κ1) is 12.9. The Morgan fingerprint density at radius 3 is 2.71 bits per heavy atom. The molecule has 0 aliphatic carbocycles. The van der Waals surface area contributed by atoms with Crippen molar-refractivity contribution in [3.05, 3.63) is 24.8 Å². The van der Waals surface area contributed by atoms with Crippen molar-refractivity contribution >= 4 is 5.97 Å². The predicted octanol–water partition coefficient (Wildman–Crippen LogP) is 3.10. The molecule has 1 atom stereocenters. The van der Waals surface area contributed by atoms with Gasteiger partial charge in [0.15, 0.2) is 0 Å². The first-order valence-electron chi connectivity index (χ1n) is 4.99. The highest BCUT2D eigenvalue weighted by molar-refractivity contribution is 5.71. The number of allylic oxidation sites excluding steroid dienone is 1. The summed E-state index contributed by atoms with van der Waals surface area (Å²) in [4.78, 5) is 11.3. The number of carbonyl (C=O) groups is 1. The van der Waals surface area contributed by atoms with E-state index in [4.69, 9.17) is 4.74 Å². The van der Waals surface area contributed by atoms with Crippen molar-refractivity contribution in [1.29, 1.82) is 0 Å². The van der Waals surface area contributed by atoms with Crippen molar-refractivity contribution in [3.63, 3.8) is 0 Å². The van der Waals surface area contributed by atoms with Crippen LogP contribution in [0.4, 0.5) is 0 Å². The predicted molar refractivity (Wildman–Crippen MR) is 59.0 cm³/mol. The van der Waals surface area contributed by atoms with Gasteiger partial charge >= 0.3 is 5.97 Å². The van der Waals surface area contributed by atoms with Crippen LogP contribution in [0.5, 0.6) is 0 Å². The van der Waals surface area contributed by atoms with Gasteiger partial charge in [-0.15, -0.1) is 6.58 Å². The Bertz CT molecular complexity index is 206. The maximum absolute atomic E-state index is 11.3. The number of hydrogen-bond acceptors (Lipinski definition) is 2. The Morgan fingerprint density at radius 2 is 2.21 bits per heavy atom. The fraction of sp³-hybridized carbons (Fsp3) is 0.583. The molecule has 14 heavy (non-hydrogen) atoms. The molecule has 0 amide bonds. The molecular formula is C12H20O2. The molecule has 0 saturated heterocycles. The van der Waals surface area contributed by atoms with Crippen LogP contribution in [-0.2, 0) is 9.53 Å². The van der Waals surface area contributed by atoms with E-state index in [1.807, 2.05) is 13.8 Å². The summed E-state index contributed by atoms with van der Waals surface area (Å²) in [5.41, 5.74) is 1.16. The molecule has 0 fully saturated rings. The lowest BCUT2D eigenvalue weighted by molar-refractivity contribution is -0.146. The van der Waals surface area contributed by atoms with Crippen molar-refractivity contribution in [2.75, 3.05) is 6.61 Å². The topological polar surface area (TPSA) is 26.3 Å². The van der Waals surface area contributed by atoms with Gasteiger partial charge in [-0.3, -0.25) is 4.79 Å². The van der Waals surface area contributed by atoms with E-state index in [1.165, 1.54) is 0 Å². The van der Waals surface area contributed by atoms with E-state index in [2.05, 4.69) is 13.2 Å². The van der Waals surface area contributed by atoms with Crippen molar-refractivity contribution in [3.8, 4) is 0 Å². The molecule has 0 rings (SSSR count). The lowest BCUT2D eigenvalue weighted by Crippen LogP contribution is -2.14. The van der Waals surface area contributed by atoms with Gasteiger partial charge in [0.05, 0.1) is 5.92 Å². The summed E-state index contributed by atoms with van der Waals surface area (Å²) in [5.74, 6) is -0.152. The molecule has 0 heterocycles. The highest BCUT2D eigenvalue weighted by Crippen LogP contribution is 2.12. The van der Waals surface area contributed by atoms with Gasteiger partial charge in [-0.2, -0.15) is 0 Å². The lowest BCUT2D eigenvalue weighted by Gasteiger charge is -2.09. The van der Waals surface area contributed by atoms with Crippen LogP contribution >= 0.6 is 0 Å². The first-order valence-corrected chi connectivity index (χ1v) is 4.99. The van der Waals surface area contributed by atoms with Crippen LogP contribution in [0.25, 0.3) is 0 Å². The van der Waals surface area contributed by atoms with E-state index >= 15 is 0 Å². The molecule has 0 aliphatic rings. The second-order valence-corrected chi connectivity index (χ2v) is 3.67. The molecule has 80 valence electrons. The maximum Gasteiger partial charge on any atom is 0.308 e. The normalized spacial score (nSPS) is 11.9. The number of esters is 1. The third-order valence-electron chi connectivity index (χ3n) is 1.99. The summed E-state index contributed by atoms with van der Waals surface area (Å²) >= 11 is 0. The summed E-state index contributed by atoms with van der Waals surface area (Å²) in [7, 11) is 0. The molecule has 0 saturated carbocycles. The minimum absolute atomic E-state index is 0.0192. The average Bonchev–Trinajstić information content (AvgIpc) is 2.13. The quantitative estimate of drug-likeness (QED) is 0.462. The number of ether oxygens (including phenoxy) is 1. The zero-order chi connectivity index (χ0) is 11.0. The number of carbonyl (C=O) groups excluding carboxylic acids is 1. The Morgan fingerprint density at radius 1 is 1.57 bits per heavy atom. The fourth-order valence-corrected chi connectivity index (χ4v) is 1.11. The minimum Gasteiger partial charge on any atom is -0.461 e. The molecule has 0 aliphatic heterocycles. The largest absolute Gasteiger partial charge is 0.461 e. The Balaban J connectivity index is 3.61. The second-order valence-electron chi connectivity index (χ2n) is 3.67. The van der Waals surface area contributed by atoms with Crippen molar-refractivity contribution < 1.29 is 9.53 Å². The zero-order valence-corrected chi connectivity index (χ0v) is 9.21. The Labute approximate surface area is 86.6 Å². The van der Waals surface area contributed by atoms with Crippen molar-refractivity contribution in [2.24, 2.45) is 5.92 Å². The molecule has 1 unspecified atom stereocenters. The number of hydrogen-bond donors (Lipinski definition) is 0. The third kappa shape index (κ3) is 6.46. The van der Waals surface area contributed by atoms with Gasteiger partial charge < -0.3 is 4.74 Å². The van der Waals surface area contributed by atoms with Crippen LogP contribution in [0, 0.1) is 5.92 Å². The summed E-state index contributed by atoms with van der Waals surface area (Å²) in [5, 5.41) is 0. The summed E-state index contributed by atoms with van der Waals surface area (Å²) < 4.78 is 4.93. The van der Waals surface area contributed by atoms with Crippen molar-refractivity contribution in [2.45, 2.75) is 33.1 Å². The van der Waals surface area contributed by atoms with Crippen LogP contribution in [0.2, 0.25) is 0 Å². The van der Waals surface area contributed by atoms with Crippen LogP contribution in [-0.4, -0.2) is 12.6 Å². The zero-order valence-electron chi connectivity index (χ0n) is 9.21. The Hall–Kier alpha value is -1.05. The minimum atomic E-state index is -0.133. The monoisotopic (exact) mass is 196 g/mol. The smallest absolute Gasteiger partial charge is 0.308 e. The molecule has 2 nitrogen and oxygen atoms in total. The standard InChI is InChI=1S/C12H20O2/c1-5-9-14-12(13)11(4)8-6-7-10(2)3/h5,11H,1-2,6-9H2,3-4H3. The van der Waals surface area contributed by atoms with E-state index in [0.29, 0.717) is 6.61 Å². The summed E-state index contributed by atoms with van der Waals surface area (Å²) in [6.45, 7) is 11.5. The SMILES string of the molecule is C=CCOC(=O)C(C)CCCC(=C)C. The molecule has 2 heteroatoms. The van der Waals surface area contributed by atoms with Gasteiger partial charge in [0.25, 0.3) is 0 Å². The van der Waals surface area contributed by atoms with E-state index in [0.717, 1.165) is 24.8 Å². The summed E-state index contributed by atoms with van der Waals surface area (Å²) in [6.07, 6.45) is 4.43. The van der Waals surface area contributed by atoms with Crippen LogP contribution in [0.3, 0.4) is 0 Å². The van der Waals surface area contributed by atoms with E-state index in [9.17, 15) is 4.79 Å². The fourth-order valence-electron chi connectivity index (χ4n) is 1.11. The van der Waals surface area contributed by atoms with Gasteiger partial charge in [0.1, 0.15) is 6.61 Å². The molecule has 0 radical (unpaired) electrons.